The molecule has 0 spiro atoms. The van der Waals surface area contributed by atoms with E-state index in [0.717, 1.165) is 11.1 Å². The third kappa shape index (κ3) is 3.96. The summed E-state index contributed by atoms with van der Waals surface area (Å²) < 4.78 is 1.41. The summed E-state index contributed by atoms with van der Waals surface area (Å²) in [5, 5.41) is 32.2. The SMILES string of the molecule is O=C1[n+]2cc(-c3ccc(O)cc3)nc(Cc3ccccc3)c2N[C@@]1(Cc1ccc(O)cc1)OO. The average Bonchev–Trinajstić information content (AvgIpc) is 3.14. The lowest BCUT2D eigenvalue weighted by Gasteiger charge is -2.17. The molecule has 0 amide bonds. The van der Waals surface area contributed by atoms with Crippen molar-refractivity contribution in [2.75, 3.05) is 5.32 Å². The Morgan fingerprint density at radius 2 is 1.53 bits per heavy atom. The smallest absolute Gasteiger partial charge is 0.394 e. The molecule has 170 valence electrons. The number of fused-ring (bicyclic) bond motifs is 1. The van der Waals surface area contributed by atoms with E-state index in [1.165, 1.54) is 16.7 Å². The van der Waals surface area contributed by atoms with Gasteiger partial charge in [-0.3, -0.25) is 0 Å². The van der Waals surface area contributed by atoms with E-state index in [1.54, 1.807) is 42.6 Å². The Morgan fingerprint density at radius 1 is 0.882 bits per heavy atom. The number of carbonyl (C=O) groups is 1. The second-order valence-electron chi connectivity index (χ2n) is 8.19. The molecule has 4 aromatic rings. The molecule has 8 heteroatoms. The number of anilines is 1. The predicted molar refractivity (Wildman–Crippen MR) is 123 cm³/mol. The lowest BCUT2D eigenvalue weighted by Crippen LogP contribution is -2.54. The Hall–Kier alpha value is -4.27. The molecule has 1 atom stereocenters. The monoisotopic (exact) mass is 456 g/mol. The number of phenolic OH excluding ortho intramolecular Hbond substituents is 2. The van der Waals surface area contributed by atoms with E-state index in [9.17, 15) is 20.3 Å². The van der Waals surface area contributed by atoms with Crippen LogP contribution >= 0.6 is 0 Å². The number of carbonyl (C=O) groups excluding carboxylic acids is 1. The summed E-state index contributed by atoms with van der Waals surface area (Å²) in [7, 11) is 0. The molecule has 0 saturated heterocycles. The van der Waals surface area contributed by atoms with Crippen molar-refractivity contribution in [3.05, 3.63) is 102 Å². The molecule has 1 aromatic heterocycles. The van der Waals surface area contributed by atoms with Crippen LogP contribution in [0.5, 0.6) is 11.5 Å². The van der Waals surface area contributed by atoms with Gasteiger partial charge < -0.3 is 10.2 Å². The zero-order chi connectivity index (χ0) is 23.7. The fourth-order valence-electron chi connectivity index (χ4n) is 4.08. The maximum absolute atomic E-state index is 13.6. The number of nitrogens with zero attached hydrogens (tertiary/aromatic N) is 2. The molecule has 0 fully saturated rings. The Labute approximate surface area is 195 Å². The predicted octanol–water partition coefficient (Wildman–Crippen LogP) is 3.53. The molecule has 0 radical (unpaired) electrons. The molecule has 0 aliphatic carbocycles. The number of benzene rings is 3. The Morgan fingerprint density at radius 3 is 2.18 bits per heavy atom. The highest BCUT2D eigenvalue weighted by Crippen LogP contribution is 2.31. The van der Waals surface area contributed by atoms with Crippen molar-refractivity contribution in [1.29, 1.82) is 0 Å². The Kier molecular flexibility index (Phi) is 5.45. The number of nitrogens with one attached hydrogen (secondary N) is 1. The van der Waals surface area contributed by atoms with Crippen LogP contribution in [-0.2, 0) is 17.7 Å². The van der Waals surface area contributed by atoms with E-state index < -0.39 is 11.6 Å². The van der Waals surface area contributed by atoms with Crippen LogP contribution in [-0.4, -0.2) is 32.1 Å². The van der Waals surface area contributed by atoms with Crippen LogP contribution in [0.2, 0.25) is 0 Å². The molecule has 3 aromatic carbocycles. The van der Waals surface area contributed by atoms with Crippen LogP contribution in [0, 0.1) is 0 Å². The largest absolute Gasteiger partial charge is 0.508 e. The standard InChI is InChI=1S/C26H21N3O5/c30-20-10-6-18(7-11-20)15-26(34-33)25(32)29-16-23(19-8-12-21(31)13-9-19)27-22(24(29)28-26)14-17-4-2-1-3-5-17/h1-13,16,30-31,33H,14-15H2/p+1/t26-/m0/s1. The topological polar surface area (TPSA) is 116 Å². The third-order valence-corrected chi connectivity index (χ3v) is 5.83. The molecule has 1 aliphatic rings. The molecule has 5 rings (SSSR count). The molecule has 0 unspecified atom stereocenters. The molecule has 34 heavy (non-hydrogen) atoms. The van der Waals surface area contributed by atoms with Gasteiger partial charge >= 0.3 is 17.5 Å². The molecule has 4 N–H and O–H groups in total. The summed E-state index contributed by atoms with van der Waals surface area (Å²) >= 11 is 0. The van der Waals surface area contributed by atoms with E-state index in [2.05, 4.69) is 5.32 Å². The highest BCUT2D eigenvalue weighted by Gasteiger charge is 2.57. The highest BCUT2D eigenvalue weighted by atomic mass is 17.1. The summed E-state index contributed by atoms with van der Waals surface area (Å²) in [6.07, 6.45) is 2.04. The van der Waals surface area contributed by atoms with E-state index in [0.29, 0.717) is 29.2 Å². The first kappa shape index (κ1) is 21.6. The number of rotatable bonds is 6. The highest BCUT2D eigenvalue weighted by molar-refractivity contribution is 5.86. The fraction of sp³-hybridized carbons (Fsp3) is 0.115. The quantitative estimate of drug-likeness (QED) is 0.199. The fourth-order valence-corrected chi connectivity index (χ4v) is 4.08. The molecule has 2 heterocycles. The normalized spacial score (nSPS) is 16.8. The van der Waals surface area contributed by atoms with Gasteiger partial charge in [-0.15, -0.1) is 0 Å². The summed E-state index contributed by atoms with van der Waals surface area (Å²) in [4.78, 5) is 23.2. The van der Waals surface area contributed by atoms with E-state index in [-0.39, 0.29) is 17.9 Å². The first-order valence-electron chi connectivity index (χ1n) is 10.7. The molecular formula is C26H22N3O5+. The van der Waals surface area contributed by atoms with Crippen LogP contribution in [0.15, 0.2) is 85.1 Å². The molecule has 0 saturated carbocycles. The minimum absolute atomic E-state index is 0.0175. The van der Waals surface area contributed by atoms with Crippen LogP contribution in [0.25, 0.3) is 11.3 Å². The van der Waals surface area contributed by atoms with Crippen molar-refractivity contribution in [1.82, 2.24) is 4.98 Å². The maximum atomic E-state index is 13.6. The van der Waals surface area contributed by atoms with Gasteiger partial charge in [-0.25, -0.2) is 20.4 Å². The second kappa shape index (κ2) is 8.58. The van der Waals surface area contributed by atoms with Gasteiger partial charge in [0.25, 0.3) is 0 Å². The minimum Gasteiger partial charge on any atom is -0.508 e. The van der Waals surface area contributed by atoms with Gasteiger partial charge in [0.05, 0.1) is 6.42 Å². The van der Waals surface area contributed by atoms with Crippen LogP contribution in [0.1, 0.15) is 21.6 Å². The Bertz CT molecular complexity index is 1340. The lowest BCUT2D eigenvalue weighted by molar-refractivity contribution is -0.558. The summed E-state index contributed by atoms with van der Waals surface area (Å²) in [6.45, 7) is 0. The van der Waals surface area contributed by atoms with Gasteiger partial charge in [-0.1, -0.05) is 42.5 Å². The number of aromatic nitrogens is 2. The molecular weight excluding hydrogens is 434 g/mol. The zero-order valence-electron chi connectivity index (χ0n) is 18.0. The van der Waals surface area contributed by atoms with Gasteiger partial charge in [0.1, 0.15) is 29.1 Å². The molecule has 1 aliphatic heterocycles. The summed E-state index contributed by atoms with van der Waals surface area (Å²) in [6, 6.07) is 22.6. The van der Waals surface area contributed by atoms with Crippen molar-refractivity contribution in [2.24, 2.45) is 0 Å². The van der Waals surface area contributed by atoms with Crippen molar-refractivity contribution < 1.29 is 29.7 Å². The summed E-state index contributed by atoms with van der Waals surface area (Å²) in [5.74, 6) is 0.138. The van der Waals surface area contributed by atoms with E-state index in [1.807, 2.05) is 30.3 Å². The first-order chi connectivity index (χ1) is 16.5. The number of phenols is 2. The Balaban J connectivity index is 1.60. The number of hydrogen-bond donors (Lipinski definition) is 4. The third-order valence-electron chi connectivity index (χ3n) is 5.83. The van der Waals surface area contributed by atoms with Crippen molar-refractivity contribution in [3.63, 3.8) is 0 Å². The number of hydrogen-bond acceptors (Lipinski definition) is 7. The van der Waals surface area contributed by atoms with Crippen molar-refractivity contribution >= 4 is 11.7 Å². The van der Waals surface area contributed by atoms with Crippen LogP contribution in [0.3, 0.4) is 0 Å². The molecule has 8 nitrogen and oxygen atoms in total. The van der Waals surface area contributed by atoms with Gasteiger partial charge in [-0.05, 0) is 47.5 Å². The van der Waals surface area contributed by atoms with Crippen LogP contribution < -0.4 is 9.88 Å². The first-order valence-corrected chi connectivity index (χ1v) is 10.7. The molecule has 0 bridgehead atoms. The van der Waals surface area contributed by atoms with Gasteiger partial charge in [-0.2, -0.15) is 9.45 Å². The van der Waals surface area contributed by atoms with Gasteiger partial charge in [0, 0.05) is 12.0 Å². The maximum Gasteiger partial charge on any atom is 0.394 e. The van der Waals surface area contributed by atoms with Gasteiger partial charge in [0.2, 0.25) is 0 Å². The van der Waals surface area contributed by atoms with E-state index >= 15 is 0 Å². The second-order valence-corrected chi connectivity index (χ2v) is 8.19. The van der Waals surface area contributed by atoms with E-state index in [4.69, 9.17) is 9.87 Å². The lowest BCUT2D eigenvalue weighted by atomic mass is 10.0. The van der Waals surface area contributed by atoms with Crippen LogP contribution in [0.4, 0.5) is 5.82 Å². The summed E-state index contributed by atoms with van der Waals surface area (Å²) in [5.41, 5.74) is 1.76. The van der Waals surface area contributed by atoms with Gasteiger partial charge in [0.15, 0.2) is 0 Å². The minimum atomic E-state index is -1.76. The zero-order valence-corrected chi connectivity index (χ0v) is 18.0. The van der Waals surface area contributed by atoms with Crippen molar-refractivity contribution in [3.8, 4) is 22.8 Å². The average molecular weight is 456 g/mol. The number of aromatic hydroxyl groups is 2. The van der Waals surface area contributed by atoms with Crippen molar-refractivity contribution in [2.45, 2.75) is 18.6 Å².